The lowest BCUT2D eigenvalue weighted by Gasteiger charge is -2.42. The van der Waals surface area contributed by atoms with E-state index in [9.17, 15) is 14.4 Å². The van der Waals surface area contributed by atoms with Crippen LogP contribution >= 0.6 is 0 Å². The lowest BCUT2D eigenvalue weighted by Crippen LogP contribution is -2.58. The molecule has 34 heavy (non-hydrogen) atoms. The van der Waals surface area contributed by atoms with Gasteiger partial charge in [0.15, 0.2) is 0 Å². The summed E-state index contributed by atoms with van der Waals surface area (Å²) in [5.74, 6) is -0.421. The molecule has 1 fully saturated rings. The molecule has 2 N–H and O–H groups in total. The van der Waals surface area contributed by atoms with Crippen molar-refractivity contribution < 1.29 is 19.1 Å². The standard InChI is InChI=1S/C25H37N5O4/c1-5-13-26-24(32)30-15-14-28(16-18(30)4)17-20-21(23(31)34-7-3)22(19-11-9-8-10-12-19)27-25(33)29(20)6-2/h8-12,18,22H,5-7,13-17H2,1-4H3,(H,26,32)(H,27,33)/t18-,22+/m0/s1. The van der Waals surface area contributed by atoms with Gasteiger partial charge in [0.2, 0.25) is 0 Å². The molecule has 0 saturated carbocycles. The SMILES string of the molecule is CCCNC(=O)N1CCN(CC2=C(C(=O)OCC)[C@@H](c3ccccc3)NC(=O)N2CC)C[C@@H]1C. The summed E-state index contributed by atoms with van der Waals surface area (Å²) in [6.45, 7) is 11.4. The summed E-state index contributed by atoms with van der Waals surface area (Å²) >= 11 is 0. The van der Waals surface area contributed by atoms with E-state index in [1.54, 1.807) is 11.8 Å². The van der Waals surface area contributed by atoms with Crippen molar-refractivity contribution in [2.75, 3.05) is 45.9 Å². The van der Waals surface area contributed by atoms with Crippen molar-refractivity contribution in [1.82, 2.24) is 25.3 Å². The van der Waals surface area contributed by atoms with E-state index in [0.29, 0.717) is 50.5 Å². The Balaban J connectivity index is 1.90. The van der Waals surface area contributed by atoms with Crippen LogP contribution in [0.25, 0.3) is 0 Å². The van der Waals surface area contributed by atoms with E-state index >= 15 is 0 Å². The summed E-state index contributed by atoms with van der Waals surface area (Å²) in [5.41, 5.74) is 1.96. The number of nitrogens with zero attached hydrogens (tertiary/aromatic N) is 3. The lowest BCUT2D eigenvalue weighted by atomic mass is 9.94. The number of carbonyl (C=O) groups excluding carboxylic acids is 3. The highest BCUT2D eigenvalue weighted by atomic mass is 16.5. The topological polar surface area (TPSA) is 94.2 Å². The van der Waals surface area contributed by atoms with Crippen molar-refractivity contribution in [2.45, 2.75) is 46.2 Å². The Kier molecular flexibility index (Phi) is 8.92. The van der Waals surface area contributed by atoms with Crippen LogP contribution in [0.15, 0.2) is 41.6 Å². The predicted molar refractivity (Wildman–Crippen MR) is 130 cm³/mol. The van der Waals surface area contributed by atoms with Gasteiger partial charge in [-0.2, -0.15) is 0 Å². The molecule has 1 aromatic rings. The first kappa shape index (κ1) is 25.6. The molecule has 2 aliphatic heterocycles. The van der Waals surface area contributed by atoms with Gasteiger partial charge >= 0.3 is 18.0 Å². The summed E-state index contributed by atoms with van der Waals surface area (Å²) in [4.78, 5) is 44.4. The smallest absolute Gasteiger partial charge is 0.338 e. The van der Waals surface area contributed by atoms with Gasteiger partial charge in [-0.25, -0.2) is 14.4 Å². The zero-order chi connectivity index (χ0) is 24.7. The maximum Gasteiger partial charge on any atom is 0.338 e. The first-order valence-electron chi connectivity index (χ1n) is 12.2. The summed E-state index contributed by atoms with van der Waals surface area (Å²) in [5, 5.41) is 5.94. The number of hydrogen-bond donors (Lipinski definition) is 2. The number of nitrogens with one attached hydrogen (secondary N) is 2. The highest BCUT2D eigenvalue weighted by molar-refractivity contribution is 5.95. The van der Waals surface area contributed by atoms with Gasteiger partial charge in [0.05, 0.1) is 18.2 Å². The molecule has 4 amide bonds. The molecule has 2 atom stereocenters. The van der Waals surface area contributed by atoms with E-state index in [0.717, 1.165) is 12.0 Å². The first-order valence-corrected chi connectivity index (χ1v) is 12.2. The third kappa shape index (κ3) is 5.70. The predicted octanol–water partition coefficient (Wildman–Crippen LogP) is 2.72. The van der Waals surface area contributed by atoms with Crippen molar-refractivity contribution in [1.29, 1.82) is 0 Å². The number of hydrogen-bond acceptors (Lipinski definition) is 5. The van der Waals surface area contributed by atoms with Crippen molar-refractivity contribution in [3.05, 3.63) is 47.2 Å². The van der Waals surface area contributed by atoms with Crippen molar-refractivity contribution in [3.63, 3.8) is 0 Å². The summed E-state index contributed by atoms with van der Waals surface area (Å²) in [6, 6.07) is 8.64. The average Bonchev–Trinajstić information content (AvgIpc) is 2.83. The normalized spacial score (nSPS) is 21.4. The molecular formula is C25H37N5O4. The maximum atomic E-state index is 13.2. The summed E-state index contributed by atoms with van der Waals surface area (Å²) in [7, 11) is 0. The average molecular weight is 472 g/mol. The number of likely N-dealkylation sites (N-methyl/N-ethyl adjacent to an activating group) is 1. The quantitative estimate of drug-likeness (QED) is 0.569. The lowest BCUT2D eigenvalue weighted by molar-refractivity contribution is -0.139. The largest absolute Gasteiger partial charge is 0.463 e. The zero-order valence-corrected chi connectivity index (χ0v) is 20.7. The molecular weight excluding hydrogens is 434 g/mol. The number of piperazine rings is 1. The molecule has 0 aliphatic carbocycles. The fourth-order valence-corrected chi connectivity index (χ4v) is 4.58. The van der Waals surface area contributed by atoms with Crippen LogP contribution < -0.4 is 10.6 Å². The van der Waals surface area contributed by atoms with Gasteiger partial charge in [-0.3, -0.25) is 9.80 Å². The molecule has 0 aromatic heterocycles. The Bertz CT molecular complexity index is 904. The molecule has 9 heteroatoms. The zero-order valence-electron chi connectivity index (χ0n) is 20.7. The number of carbonyl (C=O) groups is 3. The van der Waals surface area contributed by atoms with Crippen LogP contribution in [0.4, 0.5) is 9.59 Å². The molecule has 0 radical (unpaired) electrons. The van der Waals surface area contributed by atoms with Crippen LogP contribution in [0.3, 0.4) is 0 Å². The number of ether oxygens (including phenoxy) is 1. The van der Waals surface area contributed by atoms with E-state index in [2.05, 4.69) is 15.5 Å². The molecule has 2 aliphatic rings. The molecule has 0 spiro atoms. The Morgan fingerprint density at radius 1 is 1.15 bits per heavy atom. The number of esters is 1. The van der Waals surface area contributed by atoms with Gasteiger partial charge in [-0.15, -0.1) is 0 Å². The number of rotatable bonds is 8. The molecule has 9 nitrogen and oxygen atoms in total. The van der Waals surface area contributed by atoms with E-state index < -0.39 is 12.0 Å². The van der Waals surface area contributed by atoms with Gasteiger partial charge in [-0.05, 0) is 32.8 Å². The van der Waals surface area contributed by atoms with E-state index in [1.165, 1.54) is 0 Å². The Morgan fingerprint density at radius 2 is 1.88 bits per heavy atom. The minimum atomic E-state index is -0.580. The third-order valence-electron chi connectivity index (χ3n) is 6.25. The van der Waals surface area contributed by atoms with Crippen molar-refractivity contribution in [2.24, 2.45) is 0 Å². The van der Waals surface area contributed by atoms with Crippen LogP contribution in [0.1, 0.15) is 45.7 Å². The molecule has 0 bridgehead atoms. The number of benzene rings is 1. The molecule has 1 aromatic carbocycles. The summed E-state index contributed by atoms with van der Waals surface area (Å²) < 4.78 is 5.43. The Morgan fingerprint density at radius 3 is 2.50 bits per heavy atom. The van der Waals surface area contributed by atoms with Gasteiger partial charge in [-0.1, -0.05) is 37.3 Å². The molecule has 2 heterocycles. The monoisotopic (exact) mass is 471 g/mol. The second kappa shape index (κ2) is 11.9. The minimum Gasteiger partial charge on any atom is -0.463 e. The number of urea groups is 2. The second-order valence-corrected chi connectivity index (χ2v) is 8.63. The van der Waals surface area contributed by atoms with Gasteiger partial charge in [0.1, 0.15) is 0 Å². The van der Waals surface area contributed by atoms with E-state index in [4.69, 9.17) is 4.74 Å². The molecule has 1 saturated heterocycles. The van der Waals surface area contributed by atoms with Crippen LogP contribution in [-0.4, -0.2) is 84.6 Å². The van der Waals surface area contributed by atoms with Crippen LogP contribution in [0, 0.1) is 0 Å². The van der Waals surface area contributed by atoms with Gasteiger partial charge < -0.3 is 20.3 Å². The molecule has 0 unspecified atom stereocenters. The molecule has 3 rings (SSSR count). The highest BCUT2D eigenvalue weighted by Crippen LogP contribution is 2.32. The van der Waals surface area contributed by atoms with Crippen molar-refractivity contribution in [3.8, 4) is 0 Å². The van der Waals surface area contributed by atoms with Crippen LogP contribution in [-0.2, 0) is 9.53 Å². The highest BCUT2D eigenvalue weighted by Gasteiger charge is 2.39. The van der Waals surface area contributed by atoms with Crippen LogP contribution in [0.5, 0.6) is 0 Å². The fourth-order valence-electron chi connectivity index (χ4n) is 4.58. The fraction of sp³-hybridized carbons (Fsp3) is 0.560. The van der Waals surface area contributed by atoms with Crippen LogP contribution in [0.2, 0.25) is 0 Å². The van der Waals surface area contributed by atoms with E-state index in [-0.39, 0.29) is 24.7 Å². The maximum absolute atomic E-state index is 13.2. The van der Waals surface area contributed by atoms with Crippen molar-refractivity contribution >= 4 is 18.0 Å². The van der Waals surface area contributed by atoms with Gasteiger partial charge in [0, 0.05) is 51.0 Å². The Labute approximate surface area is 202 Å². The number of amides is 4. The van der Waals surface area contributed by atoms with E-state index in [1.807, 2.05) is 56.0 Å². The third-order valence-corrected chi connectivity index (χ3v) is 6.25. The second-order valence-electron chi connectivity index (χ2n) is 8.63. The summed E-state index contributed by atoms with van der Waals surface area (Å²) in [6.07, 6.45) is 0.891. The van der Waals surface area contributed by atoms with Gasteiger partial charge in [0.25, 0.3) is 0 Å². The Hall–Kier alpha value is -3.07. The minimum absolute atomic E-state index is 0.00895. The molecule has 186 valence electrons. The first-order chi connectivity index (χ1) is 16.4.